The number of aryl methyl sites for hydroxylation is 1. The number of nitrogens with zero attached hydrogens (tertiary/aromatic N) is 2. The van der Waals surface area contributed by atoms with Crippen LogP contribution < -0.4 is 10.6 Å². The van der Waals surface area contributed by atoms with E-state index >= 15 is 0 Å². The second-order valence-electron chi connectivity index (χ2n) is 6.29. The summed E-state index contributed by atoms with van der Waals surface area (Å²) in [5.74, 6) is 1.54. The Labute approximate surface area is 162 Å². The van der Waals surface area contributed by atoms with Gasteiger partial charge in [0.15, 0.2) is 5.96 Å². The zero-order valence-electron chi connectivity index (χ0n) is 14.6. The molecular weight excluding hydrogens is 419 g/mol. The van der Waals surface area contributed by atoms with E-state index in [0.29, 0.717) is 5.92 Å². The first-order chi connectivity index (χ1) is 10.7. The van der Waals surface area contributed by atoms with Crippen molar-refractivity contribution in [2.24, 2.45) is 10.9 Å². The first-order valence-corrected chi connectivity index (χ1v) is 9.21. The molecule has 2 rings (SSSR count). The third-order valence-electron chi connectivity index (χ3n) is 4.09. The standard InChI is InChI=1S/C17H30N4S.HI/c1-14(13-21-9-5-4-6-10-21)11-19-17(18-3)20-12-16-8-7-15(2)22-16;/h7-8,14H,4-6,9-13H2,1-3H3,(H2,18,19,20);1H. The molecule has 1 aliphatic rings. The lowest BCUT2D eigenvalue weighted by atomic mass is 10.1. The number of hydrogen-bond donors (Lipinski definition) is 2. The predicted molar refractivity (Wildman–Crippen MR) is 112 cm³/mol. The number of thiophene rings is 1. The maximum Gasteiger partial charge on any atom is 0.191 e. The molecule has 1 fully saturated rings. The minimum Gasteiger partial charge on any atom is -0.356 e. The highest BCUT2D eigenvalue weighted by Crippen LogP contribution is 2.14. The van der Waals surface area contributed by atoms with Crippen molar-refractivity contribution in [3.63, 3.8) is 0 Å². The number of likely N-dealkylation sites (tertiary alicyclic amines) is 1. The summed E-state index contributed by atoms with van der Waals surface area (Å²) in [6.45, 7) is 10.0. The molecule has 0 aromatic carbocycles. The predicted octanol–water partition coefficient (Wildman–Crippen LogP) is 3.46. The fourth-order valence-electron chi connectivity index (χ4n) is 2.89. The van der Waals surface area contributed by atoms with Crippen LogP contribution in [0.15, 0.2) is 17.1 Å². The molecule has 1 aliphatic heterocycles. The summed E-state index contributed by atoms with van der Waals surface area (Å²) in [6, 6.07) is 4.35. The number of halogens is 1. The van der Waals surface area contributed by atoms with Crippen molar-refractivity contribution in [3.05, 3.63) is 21.9 Å². The SMILES string of the molecule is CN=C(NCc1ccc(C)s1)NCC(C)CN1CCCCC1.I. The van der Waals surface area contributed by atoms with Crippen molar-refractivity contribution in [1.29, 1.82) is 0 Å². The summed E-state index contributed by atoms with van der Waals surface area (Å²) in [7, 11) is 1.84. The van der Waals surface area contributed by atoms with Crippen LogP contribution in [0.25, 0.3) is 0 Å². The van der Waals surface area contributed by atoms with Crippen molar-refractivity contribution in [2.45, 2.75) is 39.7 Å². The zero-order chi connectivity index (χ0) is 15.8. The second kappa shape index (κ2) is 11.3. The van der Waals surface area contributed by atoms with E-state index in [1.807, 2.05) is 18.4 Å². The number of rotatable bonds is 6. The molecule has 2 heterocycles. The van der Waals surface area contributed by atoms with Gasteiger partial charge < -0.3 is 15.5 Å². The summed E-state index contributed by atoms with van der Waals surface area (Å²) in [6.07, 6.45) is 4.13. The molecule has 6 heteroatoms. The Morgan fingerprint density at radius 1 is 1.26 bits per heavy atom. The van der Waals surface area contributed by atoms with Crippen LogP contribution in [0.5, 0.6) is 0 Å². The fraction of sp³-hybridized carbons (Fsp3) is 0.706. The van der Waals surface area contributed by atoms with Gasteiger partial charge in [0.1, 0.15) is 0 Å². The molecule has 0 radical (unpaired) electrons. The van der Waals surface area contributed by atoms with E-state index < -0.39 is 0 Å². The van der Waals surface area contributed by atoms with Crippen LogP contribution in [-0.4, -0.2) is 44.1 Å². The number of nitrogens with one attached hydrogen (secondary N) is 2. The van der Waals surface area contributed by atoms with Crippen LogP contribution in [0.1, 0.15) is 35.9 Å². The van der Waals surface area contributed by atoms with Gasteiger partial charge in [-0.05, 0) is 50.9 Å². The Bertz CT molecular complexity index is 469. The van der Waals surface area contributed by atoms with Gasteiger partial charge in [-0.3, -0.25) is 4.99 Å². The number of aliphatic imine (C=N–C) groups is 1. The zero-order valence-corrected chi connectivity index (χ0v) is 17.7. The van der Waals surface area contributed by atoms with Gasteiger partial charge in [0, 0.05) is 29.9 Å². The quantitative estimate of drug-likeness (QED) is 0.396. The Morgan fingerprint density at radius 2 is 2.00 bits per heavy atom. The maximum absolute atomic E-state index is 4.31. The maximum atomic E-state index is 4.31. The molecule has 2 N–H and O–H groups in total. The summed E-state index contributed by atoms with van der Waals surface area (Å²) in [5, 5.41) is 6.85. The molecule has 1 atom stereocenters. The molecule has 23 heavy (non-hydrogen) atoms. The highest BCUT2D eigenvalue weighted by Gasteiger charge is 2.13. The summed E-state index contributed by atoms with van der Waals surface area (Å²) >= 11 is 1.84. The molecule has 1 saturated heterocycles. The third-order valence-corrected chi connectivity index (χ3v) is 5.09. The van der Waals surface area contributed by atoms with Gasteiger partial charge in [-0.1, -0.05) is 13.3 Å². The normalized spacial score (nSPS) is 17.4. The van der Waals surface area contributed by atoms with Gasteiger partial charge in [0.2, 0.25) is 0 Å². The van der Waals surface area contributed by atoms with Gasteiger partial charge in [-0.15, -0.1) is 35.3 Å². The first-order valence-electron chi connectivity index (χ1n) is 8.39. The number of guanidine groups is 1. The lowest BCUT2D eigenvalue weighted by Crippen LogP contribution is -2.42. The molecular formula is C17H31IN4S. The van der Waals surface area contributed by atoms with Crippen molar-refractivity contribution < 1.29 is 0 Å². The van der Waals surface area contributed by atoms with Crippen molar-refractivity contribution in [3.8, 4) is 0 Å². The van der Waals surface area contributed by atoms with Crippen LogP contribution >= 0.6 is 35.3 Å². The molecule has 0 amide bonds. The highest BCUT2D eigenvalue weighted by molar-refractivity contribution is 14.0. The Balaban J connectivity index is 0.00000264. The van der Waals surface area contributed by atoms with Gasteiger partial charge in [-0.25, -0.2) is 0 Å². The largest absolute Gasteiger partial charge is 0.356 e. The molecule has 0 spiro atoms. The van der Waals surface area contributed by atoms with E-state index in [9.17, 15) is 0 Å². The van der Waals surface area contributed by atoms with Crippen LogP contribution in [-0.2, 0) is 6.54 Å². The average molecular weight is 450 g/mol. The summed E-state index contributed by atoms with van der Waals surface area (Å²) in [5.41, 5.74) is 0. The average Bonchev–Trinajstić information content (AvgIpc) is 2.94. The van der Waals surface area contributed by atoms with E-state index in [4.69, 9.17) is 0 Å². The lowest BCUT2D eigenvalue weighted by Gasteiger charge is -2.29. The van der Waals surface area contributed by atoms with Crippen LogP contribution in [0, 0.1) is 12.8 Å². The van der Waals surface area contributed by atoms with Gasteiger partial charge in [-0.2, -0.15) is 0 Å². The monoisotopic (exact) mass is 450 g/mol. The second-order valence-corrected chi connectivity index (χ2v) is 7.66. The van der Waals surface area contributed by atoms with E-state index in [1.165, 1.54) is 48.7 Å². The topological polar surface area (TPSA) is 39.7 Å². The van der Waals surface area contributed by atoms with Gasteiger partial charge in [0.25, 0.3) is 0 Å². The van der Waals surface area contributed by atoms with Crippen molar-refractivity contribution in [1.82, 2.24) is 15.5 Å². The smallest absolute Gasteiger partial charge is 0.191 e. The fourth-order valence-corrected chi connectivity index (χ4v) is 3.72. The third kappa shape index (κ3) is 7.85. The Hall–Kier alpha value is -0.340. The molecule has 1 aromatic rings. The van der Waals surface area contributed by atoms with E-state index in [0.717, 1.165) is 19.0 Å². The Morgan fingerprint density at radius 3 is 2.61 bits per heavy atom. The molecule has 0 saturated carbocycles. The molecule has 4 nitrogen and oxygen atoms in total. The van der Waals surface area contributed by atoms with E-state index in [1.54, 1.807) is 0 Å². The highest BCUT2D eigenvalue weighted by atomic mass is 127. The minimum atomic E-state index is 0. The van der Waals surface area contributed by atoms with Gasteiger partial charge >= 0.3 is 0 Å². The van der Waals surface area contributed by atoms with Crippen molar-refractivity contribution >= 4 is 41.3 Å². The molecule has 0 bridgehead atoms. The van der Waals surface area contributed by atoms with Gasteiger partial charge in [0.05, 0.1) is 6.54 Å². The van der Waals surface area contributed by atoms with E-state index in [-0.39, 0.29) is 24.0 Å². The van der Waals surface area contributed by atoms with Crippen LogP contribution in [0.2, 0.25) is 0 Å². The van der Waals surface area contributed by atoms with Crippen LogP contribution in [0.4, 0.5) is 0 Å². The summed E-state index contributed by atoms with van der Waals surface area (Å²) in [4.78, 5) is 9.62. The molecule has 1 unspecified atom stereocenters. The van der Waals surface area contributed by atoms with Crippen molar-refractivity contribution in [2.75, 3.05) is 33.2 Å². The molecule has 0 aliphatic carbocycles. The first kappa shape index (κ1) is 20.7. The van der Waals surface area contributed by atoms with Crippen LogP contribution in [0.3, 0.4) is 0 Å². The van der Waals surface area contributed by atoms with E-state index in [2.05, 4.69) is 46.5 Å². The molecule has 1 aromatic heterocycles. The number of hydrogen-bond acceptors (Lipinski definition) is 3. The Kier molecular flexibility index (Phi) is 10.1. The lowest BCUT2D eigenvalue weighted by molar-refractivity contribution is 0.201. The molecule has 132 valence electrons. The number of piperidine rings is 1. The summed E-state index contributed by atoms with van der Waals surface area (Å²) < 4.78 is 0. The minimum absolute atomic E-state index is 0.